The molecule has 1 heterocycles. The smallest absolute Gasteiger partial charge is 0.344 e. The molecular formula is C33H23NO3. The molecule has 0 saturated heterocycles. The van der Waals surface area contributed by atoms with Gasteiger partial charge in [0.15, 0.2) is 0 Å². The molecular weight excluding hydrogens is 458 g/mol. The molecule has 6 rings (SSSR count). The third-order valence-electron chi connectivity index (χ3n) is 6.47. The first-order valence-corrected chi connectivity index (χ1v) is 12.1. The van der Waals surface area contributed by atoms with Gasteiger partial charge in [-0.3, -0.25) is 0 Å². The fourth-order valence-electron chi connectivity index (χ4n) is 4.67. The summed E-state index contributed by atoms with van der Waals surface area (Å²) in [6, 6.07) is 29.7. The summed E-state index contributed by atoms with van der Waals surface area (Å²) in [7, 11) is 1.58. The van der Waals surface area contributed by atoms with Crippen LogP contribution in [0.2, 0.25) is 0 Å². The second kappa shape index (κ2) is 9.56. The molecule has 0 spiro atoms. The summed E-state index contributed by atoms with van der Waals surface area (Å²) < 4.78 is 11.1. The number of benzene rings is 4. The van der Waals surface area contributed by atoms with Crippen LogP contribution in [0.1, 0.15) is 17.5 Å². The topological polar surface area (TPSA) is 51.5 Å². The molecule has 0 unspecified atom stereocenters. The van der Waals surface area contributed by atoms with Gasteiger partial charge in [0.25, 0.3) is 0 Å². The second-order valence-corrected chi connectivity index (χ2v) is 8.75. The van der Waals surface area contributed by atoms with Gasteiger partial charge >= 0.3 is 5.63 Å². The predicted molar refractivity (Wildman–Crippen MR) is 151 cm³/mol. The van der Waals surface area contributed by atoms with Crippen molar-refractivity contribution in [2.75, 3.05) is 12.4 Å². The van der Waals surface area contributed by atoms with Gasteiger partial charge in [0.05, 0.1) is 12.5 Å². The van der Waals surface area contributed by atoms with Gasteiger partial charge in [-0.05, 0) is 59.7 Å². The van der Waals surface area contributed by atoms with E-state index < -0.39 is 0 Å². The molecule has 4 nitrogen and oxygen atoms in total. The molecule has 4 aromatic carbocycles. The fourth-order valence-corrected chi connectivity index (χ4v) is 4.67. The third kappa shape index (κ3) is 4.28. The van der Waals surface area contributed by atoms with Crippen LogP contribution in [-0.2, 0) is 0 Å². The zero-order valence-electron chi connectivity index (χ0n) is 20.2. The molecule has 1 aliphatic rings. The standard InChI is InChI=1S/C33H23NO3/c1-36-24-17-19-27-29-18-16-22(20-32(29)37-33(35)30(27)21-24)25-12-6-3-7-13-26(25)28-14-8-9-15-31(28)34-23-10-4-2-5-11-23/h2,4-6,8-12,14-21,34H,3H2,1H3. The Bertz CT molecular complexity index is 1830. The van der Waals surface area contributed by atoms with Crippen LogP contribution in [0, 0.1) is 11.8 Å². The number of methoxy groups -OCH3 is 1. The Kier molecular flexibility index (Phi) is 5.80. The first-order valence-electron chi connectivity index (χ1n) is 12.1. The first kappa shape index (κ1) is 22.5. The van der Waals surface area contributed by atoms with Crippen molar-refractivity contribution in [2.24, 2.45) is 0 Å². The van der Waals surface area contributed by atoms with Gasteiger partial charge in [-0.25, -0.2) is 4.79 Å². The Morgan fingerprint density at radius 2 is 1.68 bits per heavy atom. The van der Waals surface area contributed by atoms with Gasteiger partial charge in [0.1, 0.15) is 11.3 Å². The van der Waals surface area contributed by atoms with E-state index in [-0.39, 0.29) is 5.63 Å². The molecule has 0 bridgehead atoms. The average molecular weight is 482 g/mol. The number of nitrogens with one attached hydrogen (secondary N) is 1. The van der Waals surface area contributed by atoms with Crippen LogP contribution in [0.15, 0.2) is 112 Å². The van der Waals surface area contributed by atoms with Crippen LogP contribution in [-0.4, -0.2) is 7.11 Å². The number of hydrogen-bond donors (Lipinski definition) is 1. The van der Waals surface area contributed by atoms with E-state index in [1.807, 2.05) is 66.7 Å². The van der Waals surface area contributed by atoms with Gasteiger partial charge in [-0.2, -0.15) is 0 Å². The van der Waals surface area contributed by atoms with Crippen LogP contribution in [0.3, 0.4) is 0 Å². The van der Waals surface area contributed by atoms with Crippen molar-refractivity contribution in [1.29, 1.82) is 0 Å². The number of fused-ring (bicyclic) bond motifs is 3. The molecule has 178 valence electrons. The lowest BCUT2D eigenvalue weighted by molar-refractivity contribution is 0.415. The zero-order chi connectivity index (χ0) is 25.2. The molecule has 37 heavy (non-hydrogen) atoms. The molecule has 1 aliphatic carbocycles. The summed E-state index contributed by atoms with van der Waals surface area (Å²) in [6.45, 7) is 0. The summed E-state index contributed by atoms with van der Waals surface area (Å²) in [5.41, 5.74) is 5.96. The Labute approximate surface area is 214 Å². The Hall–Kier alpha value is -5.01. The van der Waals surface area contributed by atoms with Gasteiger partial charge in [0.2, 0.25) is 0 Å². The predicted octanol–water partition coefficient (Wildman–Crippen LogP) is 7.57. The highest BCUT2D eigenvalue weighted by Crippen LogP contribution is 2.36. The van der Waals surface area contributed by atoms with Crippen LogP contribution < -0.4 is 15.7 Å². The highest BCUT2D eigenvalue weighted by atomic mass is 16.5. The molecule has 0 fully saturated rings. The third-order valence-corrected chi connectivity index (χ3v) is 6.47. The Morgan fingerprint density at radius 3 is 2.54 bits per heavy atom. The first-order chi connectivity index (χ1) is 18.2. The number of rotatable bonds is 5. The molecule has 5 aromatic rings. The number of hydrogen-bond acceptors (Lipinski definition) is 4. The molecule has 0 aliphatic heterocycles. The molecule has 0 amide bonds. The maximum Gasteiger partial charge on any atom is 0.344 e. The van der Waals surface area contributed by atoms with E-state index in [4.69, 9.17) is 9.15 Å². The SMILES string of the molecule is COc1ccc2c(c1)c(=O)oc1cc(C3=C(c4ccccc4Nc4ccccc4)C#CCC=C3)ccc12. The zero-order valence-corrected chi connectivity index (χ0v) is 20.2. The van der Waals surface area contributed by atoms with Crippen molar-refractivity contribution >= 4 is 44.3 Å². The summed E-state index contributed by atoms with van der Waals surface area (Å²) in [5.74, 6) is 7.28. The lowest BCUT2D eigenvalue weighted by Crippen LogP contribution is -2.01. The van der Waals surface area contributed by atoms with E-state index in [2.05, 4.69) is 47.5 Å². The monoisotopic (exact) mass is 481 g/mol. The minimum absolute atomic E-state index is 0.388. The average Bonchev–Trinajstić information content (AvgIpc) is 3.20. The van der Waals surface area contributed by atoms with E-state index in [0.29, 0.717) is 23.1 Å². The number of allylic oxidation sites excluding steroid dienone is 4. The summed E-state index contributed by atoms with van der Waals surface area (Å²) in [6.07, 6.45) is 4.82. The van der Waals surface area contributed by atoms with Gasteiger partial charge in [-0.15, -0.1) is 0 Å². The molecule has 0 radical (unpaired) electrons. The highest BCUT2D eigenvalue weighted by molar-refractivity contribution is 6.09. The van der Waals surface area contributed by atoms with Gasteiger partial charge in [0, 0.05) is 39.7 Å². The molecule has 0 atom stereocenters. The van der Waals surface area contributed by atoms with Crippen LogP contribution in [0.25, 0.3) is 32.9 Å². The quantitative estimate of drug-likeness (QED) is 0.160. The van der Waals surface area contributed by atoms with Gasteiger partial charge < -0.3 is 14.5 Å². The van der Waals surface area contributed by atoms with Crippen LogP contribution >= 0.6 is 0 Å². The van der Waals surface area contributed by atoms with Crippen molar-refractivity contribution in [2.45, 2.75) is 6.42 Å². The molecule has 4 heteroatoms. The molecule has 0 saturated carbocycles. The van der Waals surface area contributed by atoms with E-state index in [1.165, 1.54) is 0 Å². The fraction of sp³-hybridized carbons (Fsp3) is 0.0606. The number of para-hydroxylation sites is 2. The van der Waals surface area contributed by atoms with Crippen LogP contribution in [0.4, 0.5) is 11.4 Å². The lowest BCUT2D eigenvalue weighted by atomic mass is 9.93. The van der Waals surface area contributed by atoms with Gasteiger partial charge in [-0.1, -0.05) is 66.5 Å². The summed E-state index contributed by atoms with van der Waals surface area (Å²) in [5, 5.41) is 5.74. The Balaban J connectivity index is 1.52. The summed E-state index contributed by atoms with van der Waals surface area (Å²) in [4.78, 5) is 12.8. The van der Waals surface area contributed by atoms with E-state index in [1.54, 1.807) is 13.2 Å². The molecule has 1 aromatic heterocycles. The van der Waals surface area contributed by atoms with Crippen LogP contribution in [0.5, 0.6) is 5.75 Å². The molecule has 1 N–H and O–H groups in total. The number of anilines is 2. The normalized spacial score (nSPS) is 12.8. The minimum Gasteiger partial charge on any atom is -0.497 e. The minimum atomic E-state index is -0.388. The maximum absolute atomic E-state index is 12.8. The summed E-state index contributed by atoms with van der Waals surface area (Å²) >= 11 is 0. The highest BCUT2D eigenvalue weighted by Gasteiger charge is 2.15. The maximum atomic E-state index is 12.8. The van der Waals surface area contributed by atoms with Crippen molar-refractivity contribution in [1.82, 2.24) is 0 Å². The van der Waals surface area contributed by atoms with E-state index >= 15 is 0 Å². The van der Waals surface area contributed by atoms with Crippen molar-refractivity contribution in [3.8, 4) is 17.6 Å². The number of ether oxygens (including phenoxy) is 1. The van der Waals surface area contributed by atoms with Crippen molar-refractivity contribution in [3.63, 3.8) is 0 Å². The Morgan fingerprint density at radius 1 is 0.865 bits per heavy atom. The largest absolute Gasteiger partial charge is 0.497 e. The van der Waals surface area contributed by atoms with Crippen molar-refractivity contribution in [3.05, 3.63) is 125 Å². The van der Waals surface area contributed by atoms with E-state index in [9.17, 15) is 4.79 Å². The lowest BCUT2D eigenvalue weighted by Gasteiger charge is -2.15. The van der Waals surface area contributed by atoms with E-state index in [0.717, 1.165) is 44.4 Å². The second-order valence-electron chi connectivity index (χ2n) is 8.75. The van der Waals surface area contributed by atoms with Crippen molar-refractivity contribution < 1.29 is 9.15 Å².